The van der Waals surface area contributed by atoms with Gasteiger partial charge in [0.1, 0.15) is 11.5 Å². The highest BCUT2D eigenvalue weighted by Crippen LogP contribution is 2.48. The maximum Gasteiger partial charge on any atom is 0.362 e. The number of carbonyl (C=O) groups excluding carboxylic acids is 1. The van der Waals surface area contributed by atoms with Crippen LogP contribution in [0, 0.1) is 13.8 Å². The van der Waals surface area contributed by atoms with Crippen LogP contribution in [-0.2, 0) is 10.2 Å². The highest BCUT2D eigenvalue weighted by atomic mass is 16.5. The van der Waals surface area contributed by atoms with Crippen LogP contribution in [0.15, 0.2) is 48.4 Å². The summed E-state index contributed by atoms with van der Waals surface area (Å²) in [5.41, 5.74) is 3.75. The van der Waals surface area contributed by atoms with Gasteiger partial charge in [0.25, 0.3) is 0 Å². The van der Waals surface area contributed by atoms with Crippen LogP contribution in [0.25, 0.3) is 0 Å². The van der Waals surface area contributed by atoms with E-state index in [1.807, 2.05) is 19.1 Å². The first-order valence-corrected chi connectivity index (χ1v) is 10.1. The number of hydrogen-bond donors (Lipinski definition) is 0. The summed E-state index contributed by atoms with van der Waals surface area (Å²) in [6.45, 7) is 4.99. The molecule has 2 aliphatic rings. The minimum Gasteiger partial charge on any atom is -0.496 e. The summed E-state index contributed by atoms with van der Waals surface area (Å²) in [4.78, 5) is 19.2. The summed E-state index contributed by atoms with van der Waals surface area (Å²) < 4.78 is 11.2. The number of likely N-dealkylation sites (N-methyl/N-ethyl adjacent to an activating group) is 1. The van der Waals surface area contributed by atoms with Crippen LogP contribution in [0.5, 0.6) is 5.75 Å². The fourth-order valence-electron chi connectivity index (χ4n) is 4.85. The number of hydrogen-bond acceptors (Lipinski definition) is 5. The van der Waals surface area contributed by atoms with Gasteiger partial charge in [-0.15, -0.1) is 0 Å². The standard InChI is InChI=1S/C24H28N2O3/c1-16-6-5-12-25-22(16)23(27)29-19-9-10-24(11-13-26(3)21(24)15-19)18-7-8-20(28-4)17(2)14-18/h5-8,12,14-15,21H,9-11,13H2,1-4H3/t21-,24-/m0/s1. The van der Waals surface area contributed by atoms with Gasteiger partial charge in [-0.1, -0.05) is 18.2 Å². The van der Waals surface area contributed by atoms with Crippen molar-refractivity contribution in [2.24, 2.45) is 0 Å². The fraction of sp³-hybridized carbons (Fsp3) is 0.417. The number of nitrogens with zero attached hydrogens (tertiary/aromatic N) is 2. The Labute approximate surface area is 172 Å². The Morgan fingerprint density at radius 1 is 1.21 bits per heavy atom. The third kappa shape index (κ3) is 3.44. The maximum absolute atomic E-state index is 12.6. The lowest BCUT2D eigenvalue weighted by Crippen LogP contribution is -2.42. The number of pyridine rings is 1. The molecule has 5 heteroatoms. The summed E-state index contributed by atoms with van der Waals surface area (Å²) in [5, 5.41) is 0. The first kappa shape index (κ1) is 19.6. The Kier molecular flexibility index (Phi) is 5.17. The van der Waals surface area contributed by atoms with E-state index in [2.05, 4.69) is 48.1 Å². The fourth-order valence-corrected chi connectivity index (χ4v) is 4.85. The molecule has 1 aromatic carbocycles. The molecule has 1 aliphatic carbocycles. The van der Waals surface area contributed by atoms with Crippen LogP contribution in [0.4, 0.5) is 0 Å². The molecule has 0 N–H and O–H groups in total. The van der Waals surface area contributed by atoms with Gasteiger partial charge in [0, 0.05) is 24.1 Å². The van der Waals surface area contributed by atoms with E-state index in [1.165, 1.54) is 5.56 Å². The van der Waals surface area contributed by atoms with Crippen molar-refractivity contribution >= 4 is 5.97 Å². The van der Waals surface area contributed by atoms with Crippen LogP contribution in [0.3, 0.4) is 0 Å². The van der Waals surface area contributed by atoms with E-state index in [1.54, 1.807) is 13.3 Å². The lowest BCUT2D eigenvalue weighted by atomic mass is 9.68. The quantitative estimate of drug-likeness (QED) is 0.731. The number of carbonyl (C=O) groups is 1. The van der Waals surface area contributed by atoms with E-state index in [0.717, 1.165) is 48.4 Å². The molecule has 4 rings (SSSR count). The van der Waals surface area contributed by atoms with Crippen LogP contribution in [0.1, 0.15) is 46.4 Å². The summed E-state index contributed by atoms with van der Waals surface area (Å²) in [6, 6.07) is 10.4. The van der Waals surface area contributed by atoms with E-state index in [0.29, 0.717) is 5.69 Å². The highest BCUT2D eigenvalue weighted by molar-refractivity contribution is 5.89. The number of likely N-dealkylation sites (tertiary alicyclic amines) is 1. The summed E-state index contributed by atoms with van der Waals surface area (Å²) in [7, 11) is 3.85. The number of aromatic nitrogens is 1. The molecule has 5 nitrogen and oxygen atoms in total. The van der Waals surface area contributed by atoms with E-state index in [-0.39, 0.29) is 17.4 Å². The van der Waals surface area contributed by atoms with Crippen LogP contribution in [-0.4, -0.2) is 42.6 Å². The van der Waals surface area contributed by atoms with Gasteiger partial charge in [-0.2, -0.15) is 0 Å². The average Bonchev–Trinajstić information content (AvgIpc) is 3.05. The van der Waals surface area contributed by atoms with Crippen molar-refractivity contribution in [3.8, 4) is 5.75 Å². The molecular weight excluding hydrogens is 364 g/mol. The predicted molar refractivity (Wildman–Crippen MR) is 112 cm³/mol. The number of ether oxygens (including phenoxy) is 2. The van der Waals surface area contributed by atoms with Crippen LogP contribution < -0.4 is 4.74 Å². The van der Waals surface area contributed by atoms with E-state index < -0.39 is 0 Å². The molecule has 2 heterocycles. The normalized spacial score (nSPS) is 24.0. The van der Waals surface area contributed by atoms with E-state index in [9.17, 15) is 4.79 Å². The minimum absolute atomic E-state index is 0.0442. The summed E-state index contributed by atoms with van der Waals surface area (Å²) in [6.07, 6.45) is 6.56. The van der Waals surface area contributed by atoms with E-state index >= 15 is 0 Å². The highest BCUT2D eigenvalue weighted by Gasteiger charge is 2.48. The number of esters is 1. The number of fused-ring (bicyclic) bond motifs is 1. The number of benzene rings is 1. The van der Waals surface area contributed by atoms with Crippen molar-refractivity contribution in [2.45, 2.75) is 44.6 Å². The van der Waals surface area contributed by atoms with Gasteiger partial charge in [-0.05, 0) is 75.2 Å². The number of aryl methyl sites for hydroxylation is 2. The van der Waals surface area contributed by atoms with Gasteiger partial charge >= 0.3 is 5.97 Å². The van der Waals surface area contributed by atoms with Crippen molar-refractivity contribution in [3.63, 3.8) is 0 Å². The molecule has 29 heavy (non-hydrogen) atoms. The second-order valence-electron chi connectivity index (χ2n) is 8.21. The zero-order valence-electron chi connectivity index (χ0n) is 17.6. The van der Waals surface area contributed by atoms with Crippen molar-refractivity contribution in [1.82, 2.24) is 9.88 Å². The average molecular weight is 392 g/mol. The molecule has 2 atom stereocenters. The lowest BCUT2D eigenvalue weighted by molar-refractivity contribution is 0.0586. The Balaban J connectivity index is 1.62. The SMILES string of the molecule is COc1ccc([C@@]23CCC(OC(=O)c4ncccc4C)=C[C@@H]2N(C)CC3)cc1C. The smallest absolute Gasteiger partial charge is 0.362 e. The topological polar surface area (TPSA) is 51.7 Å². The van der Waals surface area contributed by atoms with Gasteiger partial charge in [0.05, 0.1) is 7.11 Å². The molecule has 1 saturated heterocycles. The molecule has 2 aromatic rings. The zero-order valence-corrected chi connectivity index (χ0v) is 17.6. The van der Waals surface area contributed by atoms with Crippen molar-refractivity contribution in [3.05, 3.63) is 70.7 Å². The van der Waals surface area contributed by atoms with Gasteiger partial charge in [0.2, 0.25) is 0 Å². The number of methoxy groups -OCH3 is 1. The molecular formula is C24H28N2O3. The Hall–Kier alpha value is -2.66. The van der Waals surface area contributed by atoms with Gasteiger partial charge in [0.15, 0.2) is 5.69 Å². The third-order valence-electron chi connectivity index (χ3n) is 6.51. The summed E-state index contributed by atoms with van der Waals surface area (Å²) in [5.74, 6) is 1.29. The summed E-state index contributed by atoms with van der Waals surface area (Å²) >= 11 is 0. The van der Waals surface area contributed by atoms with Crippen molar-refractivity contribution < 1.29 is 14.3 Å². The molecule has 1 aromatic heterocycles. The molecule has 152 valence electrons. The van der Waals surface area contributed by atoms with Crippen molar-refractivity contribution in [2.75, 3.05) is 20.7 Å². The zero-order chi connectivity index (χ0) is 20.6. The van der Waals surface area contributed by atoms with Gasteiger partial charge in [-0.3, -0.25) is 4.90 Å². The molecule has 1 fully saturated rings. The molecule has 0 spiro atoms. The minimum atomic E-state index is -0.372. The van der Waals surface area contributed by atoms with Crippen molar-refractivity contribution in [1.29, 1.82) is 0 Å². The lowest BCUT2D eigenvalue weighted by Gasteiger charge is -2.40. The Bertz CT molecular complexity index is 968. The first-order valence-electron chi connectivity index (χ1n) is 10.1. The second kappa shape index (κ2) is 7.64. The van der Waals surface area contributed by atoms with Gasteiger partial charge < -0.3 is 9.47 Å². The van der Waals surface area contributed by atoms with Gasteiger partial charge in [-0.25, -0.2) is 9.78 Å². The molecule has 0 saturated carbocycles. The Morgan fingerprint density at radius 3 is 2.76 bits per heavy atom. The third-order valence-corrected chi connectivity index (χ3v) is 6.51. The molecule has 0 amide bonds. The molecule has 0 unspecified atom stereocenters. The monoisotopic (exact) mass is 392 g/mol. The predicted octanol–water partition coefficient (Wildman–Crippen LogP) is 4.18. The maximum atomic E-state index is 12.6. The molecule has 0 bridgehead atoms. The largest absolute Gasteiger partial charge is 0.496 e. The second-order valence-corrected chi connectivity index (χ2v) is 8.21. The molecule has 0 radical (unpaired) electrons. The van der Waals surface area contributed by atoms with E-state index in [4.69, 9.17) is 9.47 Å². The molecule has 1 aliphatic heterocycles. The number of rotatable bonds is 4. The number of allylic oxidation sites excluding steroid dienone is 1. The van der Waals surface area contributed by atoms with Crippen LogP contribution >= 0.6 is 0 Å². The Morgan fingerprint density at radius 2 is 2.03 bits per heavy atom. The van der Waals surface area contributed by atoms with Crippen LogP contribution in [0.2, 0.25) is 0 Å². The first-order chi connectivity index (χ1) is 13.9.